The quantitative estimate of drug-likeness (QED) is 0.0488. The van der Waals surface area contributed by atoms with E-state index < -0.39 is 47.9 Å². The Labute approximate surface area is 258 Å². The smallest absolute Gasteiger partial charge is 0.326 e. The van der Waals surface area contributed by atoms with E-state index in [0.717, 1.165) is 16.5 Å². The number of H-pyrrole nitrogens is 2. The molecule has 4 atom stereocenters. The molecule has 0 fully saturated rings. The number of aromatic amines is 2. The van der Waals surface area contributed by atoms with Gasteiger partial charge in [0.05, 0.1) is 12.4 Å². The third-order valence-electron chi connectivity index (χ3n) is 6.87. The van der Waals surface area contributed by atoms with Gasteiger partial charge in [-0.15, -0.1) is 0 Å². The molecule has 2 aromatic heterocycles. The van der Waals surface area contributed by atoms with Gasteiger partial charge in [0.1, 0.15) is 18.1 Å². The summed E-state index contributed by atoms with van der Waals surface area (Å²) >= 11 is 1.55. The number of rotatable bonds is 18. The number of fused-ring (bicyclic) bond motifs is 1. The summed E-state index contributed by atoms with van der Waals surface area (Å²) in [6.07, 6.45) is 7.38. The first kappa shape index (κ1) is 33.9. The lowest BCUT2D eigenvalue weighted by Gasteiger charge is -2.25. The number of nitrogens with zero attached hydrogens (tertiary/aromatic N) is 2. The largest absolute Gasteiger partial charge is 0.480 e. The molecule has 0 saturated heterocycles. The lowest BCUT2D eigenvalue weighted by Crippen LogP contribution is -2.57. The average molecular weight is 629 g/mol. The van der Waals surface area contributed by atoms with Crippen molar-refractivity contribution in [2.45, 2.75) is 56.3 Å². The van der Waals surface area contributed by atoms with Crippen molar-refractivity contribution in [3.63, 3.8) is 0 Å². The zero-order valence-electron chi connectivity index (χ0n) is 24.4. The molecule has 1 aromatic carbocycles. The van der Waals surface area contributed by atoms with Gasteiger partial charge in [0.15, 0.2) is 5.96 Å². The molecule has 2 heterocycles. The number of aliphatic imine (C=N–C) groups is 1. The summed E-state index contributed by atoms with van der Waals surface area (Å²) in [6.45, 7) is 0.179. The Hall–Kier alpha value is -4.57. The van der Waals surface area contributed by atoms with Gasteiger partial charge in [-0.2, -0.15) is 11.8 Å². The first-order chi connectivity index (χ1) is 21.1. The number of guanidine groups is 1. The summed E-state index contributed by atoms with van der Waals surface area (Å²) in [5, 5.41) is 18.6. The Balaban J connectivity index is 1.83. The molecule has 0 saturated carbocycles. The van der Waals surface area contributed by atoms with Crippen LogP contribution >= 0.6 is 11.8 Å². The van der Waals surface area contributed by atoms with Gasteiger partial charge >= 0.3 is 5.97 Å². The summed E-state index contributed by atoms with van der Waals surface area (Å²) in [7, 11) is 0. The maximum atomic E-state index is 13.8. The number of carbonyl (C=O) groups is 4. The number of nitrogens with one attached hydrogen (secondary N) is 5. The number of carboxylic acids is 1. The Bertz CT molecular complexity index is 1420. The number of amides is 3. The predicted octanol–water partition coefficient (Wildman–Crippen LogP) is -0.651. The molecule has 0 aliphatic heterocycles. The first-order valence-corrected chi connectivity index (χ1v) is 15.4. The molecule has 0 radical (unpaired) electrons. The predicted molar refractivity (Wildman–Crippen MR) is 169 cm³/mol. The third-order valence-corrected chi connectivity index (χ3v) is 7.52. The second kappa shape index (κ2) is 16.9. The fourth-order valence-corrected chi connectivity index (χ4v) is 5.01. The van der Waals surface area contributed by atoms with E-state index in [2.05, 4.69) is 35.9 Å². The van der Waals surface area contributed by atoms with Crippen molar-refractivity contribution in [1.29, 1.82) is 0 Å². The molecular formula is C28H40N10O5S. The molecule has 238 valence electrons. The molecule has 15 nitrogen and oxygen atoms in total. The van der Waals surface area contributed by atoms with E-state index in [1.807, 2.05) is 30.5 Å². The van der Waals surface area contributed by atoms with Gasteiger partial charge in [0.2, 0.25) is 17.7 Å². The maximum Gasteiger partial charge on any atom is 0.326 e. The summed E-state index contributed by atoms with van der Waals surface area (Å²) < 4.78 is 0. The number of hydrogen-bond acceptors (Lipinski definition) is 8. The minimum absolute atomic E-state index is 0.0527. The molecule has 0 aliphatic carbocycles. The van der Waals surface area contributed by atoms with Gasteiger partial charge in [0, 0.05) is 48.4 Å². The second-order valence-corrected chi connectivity index (χ2v) is 11.2. The number of aliphatic carboxylic acids is 1. The normalized spacial score (nSPS) is 13.8. The van der Waals surface area contributed by atoms with Crippen LogP contribution in [0.3, 0.4) is 0 Å². The number of imidazole rings is 1. The molecule has 3 aromatic rings. The Morgan fingerprint density at radius 1 is 0.977 bits per heavy atom. The molecular weight excluding hydrogens is 588 g/mol. The standard InChI is InChI=1S/C28H40N10O5S/c1-44-10-8-19(29)24(39)37-22(11-16-13-34-20-6-3-2-5-18(16)20)26(41)36-21(7-4-9-33-28(30)31)25(40)38-23(27(42)43)12-17-14-32-15-35-17/h2-3,5-6,13-15,19,21-23,34H,4,7-12,29H2,1H3,(H,32,35)(H,36,41)(H,37,39)(H,38,40)(H,42,43)(H4,30,31,33). The molecule has 0 bridgehead atoms. The van der Waals surface area contributed by atoms with E-state index in [9.17, 15) is 24.3 Å². The van der Waals surface area contributed by atoms with Crippen LogP contribution < -0.4 is 33.2 Å². The Kier molecular flexibility index (Phi) is 13.0. The monoisotopic (exact) mass is 628 g/mol. The highest BCUT2D eigenvalue weighted by Gasteiger charge is 2.31. The number of para-hydroxylation sites is 1. The molecule has 4 unspecified atom stereocenters. The van der Waals surface area contributed by atoms with Crippen LogP contribution in [0.2, 0.25) is 0 Å². The number of nitrogens with two attached hydrogens (primary N) is 3. The van der Waals surface area contributed by atoms with Crippen molar-refractivity contribution in [1.82, 2.24) is 30.9 Å². The second-order valence-electron chi connectivity index (χ2n) is 10.2. The van der Waals surface area contributed by atoms with Gasteiger partial charge in [-0.05, 0) is 42.9 Å². The Morgan fingerprint density at radius 3 is 2.36 bits per heavy atom. The topological polar surface area (TPSA) is 259 Å². The van der Waals surface area contributed by atoms with Crippen molar-refractivity contribution >= 4 is 52.3 Å². The third kappa shape index (κ3) is 10.3. The lowest BCUT2D eigenvalue weighted by atomic mass is 10.0. The molecule has 3 rings (SSSR count). The van der Waals surface area contributed by atoms with E-state index in [0.29, 0.717) is 24.3 Å². The summed E-state index contributed by atoms with van der Waals surface area (Å²) in [4.78, 5) is 65.9. The van der Waals surface area contributed by atoms with Crippen molar-refractivity contribution in [3.8, 4) is 0 Å². The van der Waals surface area contributed by atoms with Gasteiger partial charge in [-0.3, -0.25) is 19.4 Å². The van der Waals surface area contributed by atoms with Gasteiger partial charge < -0.3 is 48.2 Å². The van der Waals surface area contributed by atoms with Gasteiger partial charge in [-0.1, -0.05) is 18.2 Å². The zero-order valence-corrected chi connectivity index (χ0v) is 25.2. The average Bonchev–Trinajstić information content (AvgIpc) is 3.66. The minimum atomic E-state index is -1.30. The number of benzene rings is 1. The molecule has 0 spiro atoms. The molecule has 0 aliphatic rings. The molecule has 3 amide bonds. The number of carbonyl (C=O) groups excluding carboxylic acids is 3. The minimum Gasteiger partial charge on any atom is -0.480 e. The molecule has 44 heavy (non-hydrogen) atoms. The van der Waals surface area contributed by atoms with Crippen molar-refractivity contribution in [2.24, 2.45) is 22.2 Å². The van der Waals surface area contributed by atoms with Crippen LogP contribution in [0.25, 0.3) is 10.9 Å². The summed E-state index contributed by atoms with van der Waals surface area (Å²) in [5.74, 6) is -2.58. The number of hydrogen-bond donors (Lipinski definition) is 9. The van der Waals surface area contributed by atoms with Gasteiger partial charge in [0.25, 0.3) is 0 Å². The fourth-order valence-electron chi connectivity index (χ4n) is 4.52. The SMILES string of the molecule is CSCCC(N)C(=O)NC(Cc1c[nH]c2ccccc12)C(=O)NC(CCCN=C(N)N)C(=O)NC(Cc1cnc[nH]1)C(=O)O. The lowest BCUT2D eigenvalue weighted by molar-refractivity contribution is -0.142. The molecule has 16 heteroatoms. The van der Waals surface area contributed by atoms with Crippen LogP contribution in [0.15, 0.2) is 48.0 Å². The number of carboxylic acid groups (broad SMARTS) is 1. The number of thioether (sulfide) groups is 1. The van der Waals surface area contributed by atoms with Crippen molar-refractivity contribution < 1.29 is 24.3 Å². The zero-order chi connectivity index (χ0) is 32.1. The Morgan fingerprint density at radius 2 is 1.68 bits per heavy atom. The van der Waals surface area contributed by atoms with Crippen molar-refractivity contribution in [2.75, 3.05) is 18.6 Å². The van der Waals surface area contributed by atoms with E-state index in [1.54, 1.807) is 18.0 Å². The van der Waals surface area contributed by atoms with Crippen LogP contribution in [0.1, 0.15) is 30.5 Å². The first-order valence-electron chi connectivity index (χ1n) is 14.0. The highest BCUT2D eigenvalue weighted by Crippen LogP contribution is 2.19. The van der Waals surface area contributed by atoms with Crippen LogP contribution in [-0.4, -0.2) is 92.4 Å². The van der Waals surface area contributed by atoms with E-state index in [1.165, 1.54) is 12.5 Å². The van der Waals surface area contributed by atoms with Crippen LogP contribution in [0.4, 0.5) is 0 Å². The van der Waals surface area contributed by atoms with E-state index in [4.69, 9.17) is 17.2 Å². The van der Waals surface area contributed by atoms with Crippen LogP contribution in [0.5, 0.6) is 0 Å². The fraction of sp³-hybridized carbons (Fsp3) is 0.429. The van der Waals surface area contributed by atoms with Gasteiger partial charge in [-0.25, -0.2) is 9.78 Å². The number of aromatic nitrogens is 3. The summed E-state index contributed by atoms with van der Waals surface area (Å²) in [5.41, 5.74) is 19.0. The van der Waals surface area contributed by atoms with E-state index in [-0.39, 0.29) is 31.8 Å². The molecule has 12 N–H and O–H groups in total. The highest BCUT2D eigenvalue weighted by molar-refractivity contribution is 7.98. The highest BCUT2D eigenvalue weighted by atomic mass is 32.2. The van der Waals surface area contributed by atoms with E-state index >= 15 is 0 Å². The van der Waals surface area contributed by atoms with Crippen LogP contribution in [0, 0.1) is 0 Å². The van der Waals surface area contributed by atoms with Crippen molar-refractivity contribution in [3.05, 3.63) is 54.2 Å². The summed E-state index contributed by atoms with van der Waals surface area (Å²) in [6, 6.07) is 3.15. The maximum absolute atomic E-state index is 13.8. The van der Waals surface area contributed by atoms with Crippen LogP contribution in [-0.2, 0) is 32.0 Å².